The van der Waals surface area contributed by atoms with E-state index in [2.05, 4.69) is 0 Å². The van der Waals surface area contributed by atoms with Gasteiger partial charge in [-0.25, -0.2) is 0 Å². The number of Topliss-reactive ketones (excluding diaryl/α,β-unsaturated/α-hetero) is 1. The Morgan fingerprint density at radius 3 is 2.55 bits per heavy atom. The Labute approximate surface area is 112 Å². The number of nitrogens with zero attached hydrogens (tertiary/aromatic N) is 1. The number of ether oxygens (including phenoxy) is 1. The number of rotatable bonds is 6. The zero-order valence-electron chi connectivity index (χ0n) is 10.6. The van der Waals surface area contributed by atoms with Gasteiger partial charge in [-0.05, 0) is 25.5 Å². The van der Waals surface area contributed by atoms with E-state index in [-0.39, 0.29) is 24.6 Å². The van der Waals surface area contributed by atoms with E-state index >= 15 is 0 Å². The molecule has 1 aromatic rings. The molecule has 0 spiro atoms. The molecule has 0 radical (unpaired) electrons. The van der Waals surface area contributed by atoms with Crippen molar-refractivity contribution in [1.29, 1.82) is 0 Å². The highest BCUT2D eigenvalue weighted by molar-refractivity contribution is 5.75. The maximum atomic E-state index is 12.5. The second-order valence-corrected chi connectivity index (χ2v) is 4.09. The lowest BCUT2D eigenvalue weighted by atomic mass is 10.2. The molecule has 0 unspecified atom stereocenters. The molecule has 0 saturated carbocycles. The number of halogens is 3. The molecular formula is C12H12F3NO4. The van der Waals surface area contributed by atoms with Crippen molar-refractivity contribution in [2.45, 2.75) is 25.9 Å². The molecule has 110 valence electrons. The summed E-state index contributed by atoms with van der Waals surface area (Å²) >= 11 is 0. The predicted octanol–water partition coefficient (Wildman–Crippen LogP) is 3.36. The zero-order chi connectivity index (χ0) is 15.3. The fourth-order valence-corrected chi connectivity index (χ4v) is 1.46. The van der Waals surface area contributed by atoms with Crippen LogP contribution in [0.4, 0.5) is 18.9 Å². The first kappa shape index (κ1) is 15.9. The molecule has 0 aliphatic rings. The SMILES string of the molecule is CC(=O)CCCOc1ccc(C(F)(F)F)cc1[N+](=O)[O-]. The Kier molecular flexibility index (Phi) is 5.06. The highest BCUT2D eigenvalue weighted by atomic mass is 19.4. The van der Waals surface area contributed by atoms with Crippen LogP contribution in [0.5, 0.6) is 5.75 Å². The molecule has 0 heterocycles. The number of carbonyl (C=O) groups is 1. The first-order valence-electron chi connectivity index (χ1n) is 5.69. The molecule has 0 atom stereocenters. The van der Waals surface area contributed by atoms with Gasteiger partial charge in [0.2, 0.25) is 0 Å². The van der Waals surface area contributed by atoms with E-state index in [4.69, 9.17) is 4.74 Å². The lowest BCUT2D eigenvalue weighted by Gasteiger charge is -2.09. The Bertz CT molecular complexity index is 514. The van der Waals surface area contributed by atoms with Gasteiger partial charge in [0.15, 0.2) is 5.75 Å². The van der Waals surface area contributed by atoms with Gasteiger partial charge in [-0.3, -0.25) is 10.1 Å². The molecular weight excluding hydrogens is 279 g/mol. The minimum Gasteiger partial charge on any atom is -0.487 e. The maximum absolute atomic E-state index is 12.5. The zero-order valence-corrected chi connectivity index (χ0v) is 10.6. The number of carbonyl (C=O) groups excluding carboxylic acids is 1. The Hall–Kier alpha value is -2.12. The van der Waals surface area contributed by atoms with Gasteiger partial charge in [-0.1, -0.05) is 0 Å². The summed E-state index contributed by atoms with van der Waals surface area (Å²) in [6.07, 6.45) is -4.07. The van der Waals surface area contributed by atoms with Gasteiger partial charge in [0, 0.05) is 12.5 Å². The van der Waals surface area contributed by atoms with E-state index in [0.29, 0.717) is 18.6 Å². The van der Waals surface area contributed by atoms with Crippen molar-refractivity contribution < 1.29 is 27.6 Å². The highest BCUT2D eigenvalue weighted by Gasteiger charge is 2.33. The second kappa shape index (κ2) is 6.36. The van der Waals surface area contributed by atoms with Gasteiger partial charge in [0.1, 0.15) is 5.78 Å². The van der Waals surface area contributed by atoms with E-state index in [1.165, 1.54) is 6.92 Å². The summed E-state index contributed by atoms with van der Waals surface area (Å²) in [6.45, 7) is 1.41. The molecule has 0 amide bonds. The highest BCUT2D eigenvalue weighted by Crippen LogP contribution is 2.36. The molecule has 0 fully saturated rings. The number of hydrogen-bond acceptors (Lipinski definition) is 4. The van der Waals surface area contributed by atoms with Crippen LogP contribution in [0.25, 0.3) is 0 Å². The largest absolute Gasteiger partial charge is 0.487 e. The first-order chi connectivity index (χ1) is 9.21. The smallest absolute Gasteiger partial charge is 0.416 e. The lowest BCUT2D eigenvalue weighted by Crippen LogP contribution is -2.07. The van der Waals surface area contributed by atoms with Crippen molar-refractivity contribution in [1.82, 2.24) is 0 Å². The van der Waals surface area contributed by atoms with Crippen LogP contribution < -0.4 is 4.74 Å². The van der Waals surface area contributed by atoms with Crippen molar-refractivity contribution >= 4 is 11.5 Å². The Morgan fingerprint density at radius 1 is 1.40 bits per heavy atom. The van der Waals surface area contributed by atoms with E-state index in [0.717, 1.165) is 6.07 Å². The molecule has 0 aliphatic carbocycles. The third kappa shape index (κ3) is 4.52. The average molecular weight is 291 g/mol. The molecule has 1 aromatic carbocycles. The van der Waals surface area contributed by atoms with Crippen LogP contribution in [-0.2, 0) is 11.0 Å². The summed E-state index contributed by atoms with van der Waals surface area (Å²) in [4.78, 5) is 20.5. The summed E-state index contributed by atoms with van der Waals surface area (Å²) in [5, 5.41) is 10.7. The van der Waals surface area contributed by atoms with Gasteiger partial charge < -0.3 is 9.53 Å². The van der Waals surface area contributed by atoms with Crippen LogP contribution in [0.15, 0.2) is 18.2 Å². The molecule has 0 aromatic heterocycles. The number of benzene rings is 1. The minimum absolute atomic E-state index is 0.0196. The molecule has 0 saturated heterocycles. The molecule has 8 heteroatoms. The van der Waals surface area contributed by atoms with E-state index in [1.807, 2.05) is 0 Å². The molecule has 0 aliphatic heterocycles. The van der Waals surface area contributed by atoms with Gasteiger partial charge in [0.05, 0.1) is 17.1 Å². The predicted molar refractivity (Wildman–Crippen MR) is 63.5 cm³/mol. The first-order valence-corrected chi connectivity index (χ1v) is 5.69. The Balaban J connectivity index is 2.86. The lowest BCUT2D eigenvalue weighted by molar-refractivity contribution is -0.386. The fourth-order valence-electron chi connectivity index (χ4n) is 1.46. The minimum atomic E-state index is -4.65. The number of hydrogen-bond donors (Lipinski definition) is 0. The van der Waals surface area contributed by atoms with Crippen molar-refractivity contribution in [2.24, 2.45) is 0 Å². The monoisotopic (exact) mass is 291 g/mol. The normalized spacial score (nSPS) is 11.2. The number of alkyl halides is 3. The number of ketones is 1. The number of nitro groups is 1. The summed E-state index contributed by atoms with van der Waals surface area (Å²) in [5.74, 6) is -0.304. The van der Waals surface area contributed by atoms with Crippen molar-refractivity contribution in [3.63, 3.8) is 0 Å². The fraction of sp³-hybridized carbons (Fsp3) is 0.417. The molecule has 0 bridgehead atoms. The maximum Gasteiger partial charge on any atom is 0.416 e. The summed E-state index contributed by atoms with van der Waals surface area (Å²) < 4.78 is 42.4. The van der Waals surface area contributed by atoms with E-state index in [1.54, 1.807) is 0 Å². The van der Waals surface area contributed by atoms with Gasteiger partial charge in [0.25, 0.3) is 0 Å². The van der Waals surface area contributed by atoms with Crippen molar-refractivity contribution in [2.75, 3.05) is 6.61 Å². The van der Waals surface area contributed by atoms with Gasteiger partial charge in [-0.15, -0.1) is 0 Å². The van der Waals surface area contributed by atoms with Crippen LogP contribution in [0.1, 0.15) is 25.3 Å². The van der Waals surface area contributed by atoms with Crippen molar-refractivity contribution in [3.8, 4) is 5.75 Å². The standard InChI is InChI=1S/C12H12F3NO4/c1-8(17)3-2-6-20-11-5-4-9(12(13,14)15)7-10(11)16(18)19/h4-5,7H,2-3,6H2,1H3. The molecule has 1 rings (SSSR count). The van der Waals surface area contributed by atoms with Gasteiger partial charge in [-0.2, -0.15) is 13.2 Å². The topological polar surface area (TPSA) is 69.4 Å². The summed E-state index contributed by atoms with van der Waals surface area (Å²) in [7, 11) is 0. The van der Waals surface area contributed by atoms with Crippen molar-refractivity contribution in [3.05, 3.63) is 33.9 Å². The molecule has 5 nitrogen and oxygen atoms in total. The van der Waals surface area contributed by atoms with Crippen LogP contribution in [-0.4, -0.2) is 17.3 Å². The van der Waals surface area contributed by atoms with Crippen LogP contribution in [0.3, 0.4) is 0 Å². The Morgan fingerprint density at radius 2 is 2.05 bits per heavy atom. The van der Waals surface area contributed by atoms with Gasteiger partial charge >= 0.3 is 11.9 Å². The molecule has 0 N–H and O–H groups in total. The van der Waals surface area contributed by atoms with Crippen LogP contribution in [0.2, 0.25) is 0 Å². The third-order valence-electron chi connectivity index (χ3n) is 2.41. The summed E-state index contributed by atoms with van der Waals surface area (Å²) in [5.41, 5.74) is -1.86. The van der Waals surface area contributed by atoms with Crippen LogP contribution in [0, 0.1) is 10.1 Å². The number of nitro benzene ring substituents is 1. The third-order valence-corrected chi connectivity index (χ3v) is 2.41. The second-order valence-electron chi connectivity index (χ2n) is 4.09. The summed E-state index contributed by atoms with van der Waals surface area (Å²) in [6, 6.07) is 2.06. The molecule has 20 heavy (non-hydrogen) atoms. The van der Waals surface area contributed by atoms with E-state index < -0.39 is 22.4 Å². The van der Waals surface area contributed by atoms with Crippen LogP contribution >= 0.6 is 0 Å². The van der Waals surface area contributed by atoms with E-state index in [9.17, 15) is 28.1 Å². The quantitative estimate of drug-likeness (QED) is 0.458. The average Bonchev–Trinajstić information content (AvgIpc) is 2.33.